The van der Waals surface area contributed by atoms with Gasteiger partial charge in [-0.3, -0.25) is 9.59 Å². The summed E-state index contributed by atoms with van der Waals surface area (Å²) < 4.78 is 50.5. The summed E-state index contributed by atoms with van der Waals surface area (Å²) >= 11 is 1.41. The van der Waals surface area contributed by atoms with Gasteiger partial charge in [0.05, 0.1) is 43.1 Å². The lowest BCUT2D eigenvalue weighted by molar-refractivity contribution is -0.347. The van der Waals surface area contributed by atoms with Crippen molar-refractivity contribution >= 4 is 23.7 Å². The molecule has 3 heterocycles. The summed E-state index contributed by atoms with van der Waals surface area (Å²) in [5.41, 5.74) is 19.5. The first-order valence-electron chi connectivity index (χ1n) is 18.9. The summed E-state index contributed by atoms with van der Waals surface area (Å²) in [5.74, 6) is -1.99. The normalized spacial score (nSPS) is 35.7. The van der Waals surface area contributed by atoms with Gasteiger partial charge in [0, 0.05) is 34.5 Å². The van der Waals surface area contributed by atoms with Crippen LogP contribution in [0.2, 0.25) is 0 Å². The summed E-state index contributed by atoms with van der Waals surface area (Å²) in [6, 6.07) is 17.9. The van der Waals surface area contributed by atoms with Crippen molar-refractivity contribution in [3.05, 3.63) is 87.1 Å². The highest BCUT2D eigenvalue weighted by Crippen LogP contribution is 2.42. The average molecular weight is 797 g/mol. The van der Waals surface area contributed by atoms with Gasteiger partial charge in [-0.25, -0.2) is 0 Å². The summed E-state index contributed by atoms with van der Waals surface area (Å²) in [4.78, 5) is 30.9. The third-order valence-corrected chi connectivity index (χ3v) is 12.0. The van der Waals surface area contributed by atoms with E-state index in [1.54, 1.807) is 0 Å². The second-order valence-corrected chi connectivity index (χ2v) is 15.8. The maximum atomic E-state index is 12.0. The second-order valence-electron chi connectivity index (χ2n) is 14.6. The van der Waals surface area contributed by atoms with E-state index in [0.29, 0.717) is 0 Å². The molecule has 0 saturated carbocycles. The SMILES string of the molecule is CC(=O)OCC1O[C@H](O[C@@H]2C(C)O[C@@H](O[C@@H]3C(COC(C)=O)O[C@H](Sc4ccccc4)C(N=[N+]=[N-])[C@H]3C)C(OCc3ccccc3)[C@H]2C)C(N=[N+]=[N-])[C@@H](C)[C@@H]1C. The van der Waals surface area contributed by atoms with E-state index in [0.717, 1.165) is 10.5 Å². The van der Waals surface area contributed by atoms with Crippen molar-refractivity contribution in [2.75, 3.05) is 13.2 Å². The number of benzene rings is 2. The Morgan fingerprint density at radius 2 is 1.27 bits per heavy atom. The Hall–Kier alpha value is -3.89. The summed E-state index contributed by atoms with van der Waals surface area (Å²) in [7, 11) is 0. The molecule has 3 aliphatic rings. The van der Waals surface area contributed by atoms with E-state index >= 15 is 0 Å². The number of rotatable bonds is 15. The molecule has 5 rings (SSSR count). The van der Waals surface area contributed by atoms with Crippen LogP contribution in [0.15, 0.2) is 75.8 Å². The van der Waals surface area contributed by atoms with E-state index in [9.17, 15) is 20.7 Å². The molecule has 0 spiro atoms. The lowest BCUT2D eigenvalue weighted by atomic mass is 9.82. The third kappa shape index (κ3) is 10.9. The number of thioether (sulfide) groups is 1. The molecule has 2 aromatic rings. The van der Waals surface area contributed by atoms with Crippen LogP contribution in [0.5, 0.6) is 0 Å². The van der Waals surface area contributed by atoms with Crippen LogP contribution in [-0.4, -0.2) is 91.9 Å². The maximum Gasteiger partial charge on any atom is 0.302 e. The molecule has 0 N–H and O–H groups in total. The lowest BCUT2D eigenvalue weighted by Crippen LogP contribution is -2.61. The smallest absolute Gasteiger partial charge is 0.302 e. The molecule has 3 fully saturated rings. The van der Waals surface area contributed by atoms with Gasteiger partial charge in [-0.05, 0) is 53.4 Å². The van der Waals surface area contributed by atoms with Gasteiger partial charge >= 0.3 is 11.9 Å². The molecule has 2 aromatic carbocycles. The number of esters is 2. The molecular formula is C39H52N6O10S. The van der Waals surface area contributed by atoms with Gasteiger partial charge in [0.2, 0.25) is 0 Å². The minimum absolute atomic E-state index is 0.0202. The van der Waals surface area contributed by atoms with Crippen LogP contribution in [-0.2, 0) is 54.1 Å². The summed E-state index contributed by atoms with van der Waals surface area (Å²) in [6.07, 6.45) is -5.92. The predicted molar refractivity (Wildman–Crippen MR) is 205 cm³/mol. The number of hydrogen-bond acceptors (Lipinski definition) is 13. The van der Waals surface area contributed by atoms with Crippen molar-refractivity contribution in [2.45, 2.75) is 127 Å². The van der Waals surface area contributed by atoms with Gasteiger partial charge in [-0.15, -0.1) is 0 Å². The third-order valence-electron chi connectivity index (χ3n) is 10.8. The molecule has 17 heteroatoms. The van der Waals surface area contributed by atoms with Gasteiger partial charge in [0.15, 0.2) is 12.6 Å². The van der Waals surface area contributed by atoms with Crippen molar-refractivity contribution in [1.82, 2.24) is 0 Å². The number of carbonyl (C=O) groups is 2. The van der Waals surface area contributed by atoms with E-state index in [1.165, 1.54) is 25.6 Å². The fraction of sp³-hybridized carbons (Fsp3) is 0.641. The standard InChI is InChI=1S/C39H52N6O10S/c1-21-22(2)32(42-44-40)37(52-30(21)19-48-26(6)46)54-34-24(4)36(50-18-28-14-10-8-11-15-28)38(51-25(34)5)55-35-23(3)33(43-45-41)39(53-31(35)20-49-27(7)47)56-29-16-12-9-13-17-29/h8-17,21-25,30-39H,18-20H2,1-7H3/t21-,22-,23+,24-,25?,30?,31?,32?,33?,34-,35-,36?,37+,38-,39+/m0/s1. The molecule has 0 bridgehead atoms. The quantitative estimate of drug-likeness (QED) is 0.0753. The zero-order valence-corrected chi connectivity index (χ0v) is 33.5. The van der Waals surface area contributed by atoms with Crippen LogP contribution in [0, 0.1) is 23.7 Å². The molecule has 16 nitrogen and oxygen atoms in total. The number of ether oxygens (including phenoxy) is 8. The topological polar surface area (TPSA) is 206 Å². The van der Waals surface area contributed by atoms with E-state index in [2.05, 4.69) is 20.1 Å². The highest BCUT2D eigenvalue weighted by atomic mass is 32.2. The van der Waals surface area contributed by atoms with Gasteiger partial charge < -0.3 is 37.9 Å². The Morgan fingerprint density at radius 3 is 1.89 bits per heavy atom. The van der Waals surface area contributed by atoms with Crippen LogP contribution in [0.4, 0.5) is 0 Å². The fourth-order valence-electron chi connectivity index (χ4n) is 7.48. The van der Waals surface area contributed by atoms with Crippen molar-refractivity contribution < 1.29 is 47.5 Å². The Bertz CT molecular complexity index is 1680. The molecule has 6 unspecified atom stereocenters. The first-order valence-corrected chi connectivity index (χ1v) is 19.8. The van der Waals surface area contributed by atoms with Crippen molar-refractivity contribution in [1.29, 1.82) is 0 Å². The molecule has 0 radical (unpaired) electrons. The molecule has 56 heavy (non-hydrogen) atoms. The van der Waals surface area contributed by atoms with Gasteiger partial charge in [-0.1, -0.05) is 98.2 Å². The monoisotopic (exact) mass is 796 g/mol. The maximum absolute atomic E-state index is 12.0. The minimum atomic E-state index is -0.980. The molecule has 0 aromatic heterocycles. The lowest BCUT2D eigenvalue weighted by Gasteiger charge is -2.50. The predicted octanol–water partition coefficient (Wildman–Crippen LogP) is 7.36. The Balaban J connectivity index is 1.43. The summed E-state index contributed by atoms with van der Waals surface area (Å²) in [5, 5.41) is 8.23. The first-order chi connectivity index (χ1) is 26.9. The van der Waals surface area contributed by atoms with Gasteiger partial charge in [0.1, 0.15) is 30.9 Å². The molecule has 3 saturated heterocycles. The van der Waals surface area contributed by atoms with E-state index in [-0.39, 0.29) is 37.6 Å². The van der Waals surface area contributed by atoms with Crippen LogP contribution in [0.1, 0.15) is 54.0 Å². The molecule has 3 aliphatic heterocycles. The molecule has 0 aliphatic carbocycles. The number of hydrogen-bond donors (Lipinski definition) is 0. The fourth-order valence-corrected chi connectivity index (χ4v) is 8.70. The molecular weight excluding hydrogens is 745 g/mol. The van der Waals surface area contributed by atoms with Crippen molar-refractivity contribution in [3.8, 4) is 0 Å². The van der Waals surface area contributed by atoms with Gasteiger partial charge in [0.25, 0.3) is 0 Å². The van der Waals surface area contributed by atoms with Crippen LogP contribution in [0.25, 0.3) is 20.9 Å². The largest absolute Gasteiger partial charge is 0.463 e. The van der Waals surface area contributed by atoms with Crippen LogP contribution >= 0.6 is 11.8 Å². The number of azide groups is 2. The van der Waals surface area contributed by atoms with Crippen LogP contribution in [0.3, 0.4) is 0 Å². The Morgan fingerprint density at radius 1 is 0.679 bits per heavy atom. The van der Waals surface area contributed by atoms with E-state index in [4.69, 9.17) is 37.9 Å². The molecule has 304 valence electrons. The first kappa shape index (κ1) is 43.2. The van der Waals surface area contributed by atoms with E-state index < -0.39 is 84.6 Å². The van der Waals surface area contributed by atoms with Crippen molar-refractivity contribution in [3.63, 3.8) is 0 Å². The number of nitrogens with zero attached hydrogens (tertiary/aromatic N) is 6. The molecule has 15 atom stereocenters. The van der Waals surface area contributed by atoms with E-state index in [1.807, 2.05) is 95.3 Å². The summed E-state index contributed by atoms with van der Waals surface area (Å²) in [6.45, 7) is 12.4. The Kier molecular flexibility index (Phi) is 15.8. The Labute approximate surface area is 331 Å². The highest BCUT2D eigenvalue weighted by molar-refractivity contribution is 7.99. The highest BCUT2D eigenvalue weighted by Gasteiger charge is 2.52. The molecule has 0 amide bonds. The zero-order valence-electron chi connectivity index (χ0n) is 32.7. The minimum Gasteiger partial charge on any atom is -0.463 e. The average Bonchev–Trinajstić information content (AvgIpc) is 3.17. The zero-order chi connectivity index (χ0) is 40.4. The second kappa shape index (κ2) is 20.5. The van der Waals surface area contributed by atoms with Crippen molar-refractivity contribution in [2.24, 2.45) is 33.9 Å². The number of carbonyl (C=O) groups excluding carboxylic acids is 2. The van der Waals surface area contributed by atoms with Gasteiger partial charge in [-0.2, -0.15) is 0 Å². The van der Waals surface area contributed by atoms with Crippen LogP contribution < -0.4 is 0 Å².